The van der Waals surface area contributed by atoms with Crippen molar-refractivity contribution >= 4 is 31.3 Å². The van der Waals surface area contributed by atoms with Crippen molar-refractivity contribution in [3.05, 3.63) is 0 Å². The van der Waals surface area contributed by atoms with Crippen molar-refractivity contribution < 1.29 is 153 Å². The first-order chi connectivity index (χ1) is 7.12. The van der Waals surface area contributed by atoms with Crippen molar-refractivity contribution in [2.24, 2.45) is 0 Å². The van der Waals surface area contributed by atoms with Gasteiger partial charge in [-0.2, -0.15) is 0 Å². The second kappa shape index (κ2) is 9.75. The average Bonchev–Trinajstić information content (AvgIpc) is 1.65. The van der Waals surface area contributed by atoms with Gasteiger partial charge in [-0.3, -0.25) is 13.4 Å². The van der Waals surface area contributed by atoms with Crippen LogP contribution in [0.5, 0.6) is 0 Å². The van der Waals surface area contributed by atoms with Gasteiger partial charge in [0.15, 0.2) is 0 Å². The van der Waals surface area contributed by atoms with E-state index in [-0.39, 0.29) is 92.2 Å². The Hall–Kier alpha value is 3.55. The molecule has 0 spiro atoms. The summed E-state index contributed by atoms with van der Waals surface area (Å²) in [5.41, 5.74) is 0. The van der Waals surface area contributed by atoms with Crippen LogP contribution >= 0.6 is 31.3 Å². The molecule has 0 aliphatic rings. The molecule has 0 saturated heterocycles. The van der Waals surface area contributed by atoms with Crippen molar-refractivity contribution in [3.8, 4) is 0 Å². The molecular weight excluding hydrogens is 515 g/mol. The molecule has 0 aromatic rings. The van der Waals surface area contributed by atoms with Gasteiger partial charge >= 0.3 is 100 Å². The summed E-state index contributed by atoms with van der Waals surface area (Å²) in [6.07, 6.45) is 0. The molecule has 0 heterocycles. The van der Waals surface area contributed by atoms with E-state index in [0.717, 1.165) is 0 Å². The van der Waals surface area contributed by atoms with Gasteiger partial charge in [0.25, 0.3) is 15.6 Å². The number of rotatable bonds is 6. The normalized spacial score (nSPS) is 18.4. The molecule has 13 nitrogen and oxygen atoms in total. The third kappa shape index (κ3) is 17.7. The minimum absolute atomic E-state index is 0. The van der Waals surface area contributed by atoms with Crippen molar-refractivity contribution in [2.75, 3.05) is 0 Å². The smallest absolute Gasteiger partial charge is 0.790 e. The molecule has 0 aromatic heterocycles. The molecule has 0 amide bonds. The third-order valence-corrected chi connectivity index (χ3v) is 5.46. The Morgan fingerprint density at radius 2 is 1.05 bits per heavy atom. The molecule has 0 aliphatic carbocycles. The van der Waals surface area contributed by atoms with E-state index in [2.05, 4.69) is 12.9 Å². The Labute approximate surface area is 181 Å². The predicted molar refractivity (Wildman–Crippen MR) is 38.1 cm³/mol. The first kappa shape index (κ1) is 27.4. The molecule has 0 aliphatic heterocycles. The second-order valence-corrected chi connectivity index (χ2v) is 7.70. The fourth-order valence-corrected chi connectivity index (χ4v) is 4.18. The van der Waals surface area contributed by atoms with Crippen LogP contribution in [0, 0.1) is 40.8 Å². The van der Waals surface area contributed by atoms with Crippen molar-refractivity contribution in [2.45, 2.75) is 0 Å². The summed E-state index contributed by atoms with van der Waals surface area (Å²) >= 11 is 0. The summed E-state index contributed by atoms with van der Waals surface area (Å²) < 4.78 is 49.2. The van der Waals surface area contributed by atoms with Crippen LogP contribution in [0.2, 0.25) is 0 Å². The molecule has 0 aromatic carbocycles. The number of phosphoric acid groups is 4. The zero-order valence-electron chi connectivity index (χ0n) is 8.67. The van der Waals surface area contributed by atoms with E-state index in [1.165, 1.54) is 0 Å². The zero-order chi connectivity index (χ0) is 14.1. The van der Waals surface area contributed by atoms with Gasteiger partial charge < -0.3 is 33.9 Å². The van der Waals surface area contributed by atoms with E-state index in [9.17, 15) is 37.8 Å². The van der Waals surface area contributed by atoms with Crippen LogP contribution in [0.3, 0.4) is 0 Å². The Balaban J connectivity index is -0.00000128. The van der Waals surface area contributed by atoms with Gasteiger partial charge in [0.05, 0.1) is 7.82 Å². The van der Waals surface area contributed by atoms with Crippen LogP contribution in [0.25, 0.3) is 0 Å². The monoisotopic (exact) mass is 515 g/mol. The average molecular weight is 517 g/mol. The maximum Gasteiger partial charge on any atom is 3.00 e. The summed E-state index contributed by atoms with van der Waals surface area (Å²) in [5, 5.41) is 0. The van der Waals surface area contributed by atoms with E-state index in [4.69, 9.17) is 9.79 Å². The van der Waals surface area contributed by atoms with Gasteiger partial charge in [-0.15, -0.1) is 0 Å². The maximum absolute atomic E-state index is 10.5. The Bertz CT molecular complexity index is 413. The quantitative estimate of drug-likeness (QED) is 0.247. The van der Waals surface area contributed by atoms with Crippen LogP contribution in [0.4, 0.5) is 0 Å². The summed E-state index contributed by atoms with van der Waals surface area (Å²) in [6, 6.07) is 0. The van der Waals surface area contributed by atoms with E-state index in [0.29, 0.717) is 0 Å². The number of hydrogen-bond acceptors (Lipinski definition) is 11. The molecule has 1 radical (unpaired) electrons. The standard InChI is InChI=1S/K.Nd.H6O13P4/c;;1-14(2,3)11-16(7,8)13-17(9,10)12-15(4,5)6/h;;(H,7,8)(H,9,10)(H2,1,2,3)(H2,4,5,6)/q+1;+3;/p-4. The molecular formula is H2KNdO13P4. The molecule has 0 bridgehead atoms. The van der Waals surface area contributed by atoms with Gasteiger partial charge in [-0.25, -0.2) is 13.2 Å². The Morgan fingerprint density at radius 1 is 0.737 bits per heavy atom. The van der Waals surface area contributed by atoms with Gasteiger partial charge in [0, 0.05) is 0 Å². The van der Waals surface area contributed by atoms with Crippen LogP contribution in [0.15, 0.2) is 0 Å². The fourth-order valence-electron chi connectivity index (χ4n) is 0.405. The first-order valence-corrected chi connectivity index (χ1v) is 8.87. The number of hydrogen-bond donors (Lipinski definition) is 2. The molecule has 0 rings (SSSR count). The first-order valence-electron chi connectivity index (χ1n) is 2.96. The molecule has 2 N–H and O–H groups in total. The van der Waals surface area contributed by atoms with Crippen LogP contribution in [-0.4, -0.2) is 9.79 Å². The van der Waals surface area contributed by atoms with Crippen LogP contribution < -0.4 is 71.0 Å². The minimum Gasteiger partial charge on any atom is -0.790 e. The van der Waals surface area contributed by atoms with Crippen molar-refractivity contribution in [3.63, 3.8) is 0 Å². The van der Waals surface area contributed by atoms with Gasteiger partial charge in [-0.05, 0) is 0 Å². The minimum atomic E-state index is -6.20. The summed E-state index contributed by atoms with van der Waals surface area (Å²) in [4.78, 5) is 56.6. The van der Waals surface area contributed by atoms with Crippen LogP contribution in [-0.2, 0) is 31.2 Å². The zero-order valence-corrected chi connectivity index (χ0v) is 18.6. The predicted octanol–water partition coefficient (Wildman–Crippen LogP) is -6.10. The van der Waals surface area contributed by atoms with Crippen molar-refractivity contribution in [1.29, 1.82) is 0 Å². The molecule has 0 fully saturated rings. The van der Waals surface area contributed by atoms with E-state index >= 15 is 0 Å². The summed E-state index contributed by atoms with van der Waals surface area (Å²) in [5.74, 6) is 0. The molecule has 19 heteroatoms. The summed E-state index contributed by atoms with van der Waals surface area (Å²) in [6.45, 7) is 0. The third-order valence-electron chi connectivity index (χ3n) is 0.606. The molecule has 2 atom stereocenters. The molecule has 105 valence electrons. The second-order valence-electron chi connectivity index (χ2n) is 2.08. The largest absolute Gasteiger partial charge is 3.00 e. The van der Waals surface area contributed by atoms with E-state index in [1.54, 1.807) is 0 Å². The topological polar surface area (TPSA) is 229 Å². The molecule has 2 unspecified atom stereocenters. The SMILES string of the molecule is O=P([O-])([O-])OP(=O)([O-])OP(=O)([O-])OP(=O)(O)O.[K+].[Nd+3]. The summed E-state index contributed by atoms with van der Waals surface area (Å²) in [7, 11) is -24.1. The Kier molecular flexibility index (Phi) is 14.1. The fraction of sp³-hybridized carbons (Fsp3) is 0. The Morgan fingerprint density at radius 3 is 1.32 bits per heavy atom. The molecule has 0 saturated carbocycles. The van der Waals surface area contributed by atoms with Gasteiger partial charge in [-0.1, -0.05) is 0 Å². The van der Waals surface area contributed by atoms with Crippen LogP contribution in [0.1, 0.15) is 0 Å². The molecule has 19 heavy (non-hydrogen) atoms. The van der Waals surface area contributed by atoms with E-state index < -0.39 is 31.3 Å². The van der Waals surface area contributed by atoms with Gasteiger partial charge in [0.2, 0.25) is 0 Å². The van der Waals surface area contributed by atoms with E-state index in [1.807, 2.05) is 0 Å². The van der Waals surface area contributed by atoms with Crippen molar-refractivity contribution in [1.82, 2.24) is 0 Å². The van der Waals surface area contributed by atoms with Gasteiger partial charge in [0.1, 0.15) is 0 Å². The maximum atomic E-state index is 10.5.